The van der Waals surface area contributed by atoms with Crippen molar-refractivity contribution >= 4 is 48.9 Å². The van der Waals surface area contributed by atoms with E-state index in [0.29, 0.717) is 6.54 Å². The first-order valence-electron chi connectivity index (χ1n) is 6.21. The van der Waals surface area contributed by atoms with Crippen LogP contribution in [0.5, 0.6) is 0 Å². The summed E-state index contributed by atoms with van der Waals surface area (Å²) in [6, 6.07) is 8.69. The summed E-state index contributed by atoms with van der Waals surface area (Å²) in [6.45, 7) is 4.32. The monoisotopic (exact) mass is 407 g/mol. The van der Waals surface area contributed by atoms with E-state index in [1.54, 1.807) is 23.5 Å². The van der Waals surface area contributed by atoms with Crippen molar-refractivity contribution in [2.24, 2.45) is 0 Å². The van der Waals surface area contributed by atoms with Gasteiger partial charge in [-0.1, -0.05) is 47.4 Å². The van der Waals surface area contributed by atoms with E-state index in [1.807, 2.05) is 31.4 Å². The van der Waals surface area contributed by atoms with Gasteiger partial charge in [-0.2, -0.15) is 0 Å². The molecule has 0 saturated carbocycles. The standard InChI is InChI=1S/C14H15BrClNO2S2/c1-14(2,13-4-3-7-20-13)9-17-21(18,19)12-6-5-10(15)8-11(12)16/h3-8,17H,9H2,1-2H3. The summed E-state index contributed by atoms with van der Waals surface area (Å²) in [7, 11) is -3.63. The van der Waals surface area contributed by atoms with Crippen LogP contribution >= 0.6 is 38.9 Å². The molecule has 1 N–H and O–H groups in total. The average Bonchev–Trinajstić information content (AvgIpc) is 2.91. The second-order valence-corrected chi connectivity index (χ2v) is 9.27. The third-order valence-electron chi connectivity index (χ3n) is 3.08. The largest absolute Gasteiger partial charge is 0.242 e. The molecule has 0 amide bonds. The van der Waals surface area contributed by atoms with Crippen molar-refractivity contribution in [3.8, 4) is 0 Å². The van der Waals surface area contributed by atoms with Crippen LogP contribution in [0.25, 0.3) is 0 Å². The zero-order valence-corrected chi connectivity index (χ0v) is 15.5. The van der Waals surface area contributed by atoms with Crippen LogP contribution in [-0.4, -0.2) is 15.0 Å². The van der Waals surface area contributed by atoms with Crippen LogP contribution in [0.3, 0.4) is 0 Å². The highest BCUT2D eigenvalue weighted by atomic mass is 79.9. The molecular weight excluding hydrogens is 394 g/mol. The molecule has 0 unspecified atom stereocenters. The highest BCUT2D eigenvalue weighted by Crippen LogP contribution is 2.28. The molecule has 21 heavy (non-hydrogen) atoms. The molecule has 0 aliphatic rings. The fraction of sp³-hybridized carbons (Fsp3) is 0.286. The predicted octanol–water partition coefficient (Wildman–Crippen LogP) is 4.42. The Hall–Kier alpha value is -0.400. The van der Waals surface area contributed by atoms with Gasteiger partial charge in [-0.3, -0.25) is 0 Å². The molecule has 2 aromatic rings. The number of sulfonamides is 1. The summed E-state index contributed by atoms with van der Waals surface area (Å²) in [5, 5.41) is 2.18. The maximum absolute atomic E-state index is 12.4. The Bertz CT molecular complexity index is 727. The first-order chi connectivity index (χ1) is 9.72. The molecule has 0 spiro atoms. The van der Waals surface area contributed by atoms with E-state index in [1.165, 1.54) is 6.07 Å². The summed E-state index contributed by atoms with van der Waals surface area (Å²) < 4.78 is 28.1. The van der Waals surface area contributed by atoms with Crippen LogP contribution in [0.4, 0.5) is 0 Å². The first kappa shape index (κ1) is 17.0. The van der Waals surface area contributed by atoms with Gasteiger partial charge in [0.05, 0.1) is 5.02 Å². The van der Waals surface area contributed by atoms with E-state index in [-0.39, 0.29) is 15.3 Å². The minimum absolute atomic E-state index is 0.0920. The van der Waals surface area contributed by atoms with Gasteiger partial charge in [-0.05, 0) is 29.6 Å². The summed E-state index contributed by atoms with van der Waals surface area (Å²) >= 11 is 10.9. The topological polar surface area (TPSA) is 46.2 Å². The fourth-order valence-corrected chi connectivity index (χ4v) is 4.90. The van der Waals surface area contributed by atoms with Gasteiger partial charge in [0, 0.05) is 21.3 Å². The zero-order chi connectivity index (χ0) is 15.7. The van der Waals surface area contributed by atoms with Crippen LogP contribution in [0.1, 0.15) is 18.7 Å². The van der Waals surface area contributed by atoms with Crippen molar-refractivity contribution in [1.82, 2.24) is 4.72 Å². The summed E-state index contributed by atoms with van der Waals surface area (Å²) in [6.07, 6.45) is 0. The highest BCUT2D eigenvalue weighted by Gasteiger charge is 2.26. The lowest BCUT2D eigenvalue weighted by Gasteiger charge is -2.23. The molecule has 2 rings (SSSR count). The Labute approximate surface area is 142 Å². The quantitative estimate of drug-likeness (QED) is 0.796. The molecule has 0 fully saturated rings. The van der Waals surface area contributed by atoms with Crippen LogP contribution in [-0.2, 0) is 15.4 Å². The molecule has 114 valence electrons. The van der Waals surface area contributed by atoms with Gasteiger partial charge in [-0.15, -0.1) is 11.3 Å². The minimum atomic E-state index is -3.63. The lowest BCUT2D eigenvalue weighted by molar-refractivity contribution is 0.509. The number of benzene rings is 1. The minimum Gasteiger partial charge on any atom is -0.210 e. The van der Waals surface area contributed by atoms with Crippen molar-refractivity contribution in [2.75, 3.05) is 6.54 Å². The van der Waals surface area contributed by atoms with E-state index >= 15 is 0 Å². The van der Waals surface area contributed by atoms with E-state index in [4.69, 9.17) is 11.6 Å². The van der Waals surface area contributed by atoms with Gasteiger partial charge in [0.1, 0.15) is 4.90 Å². The Kier molecular flexibility index (Phi) is 5.15. The summed E-state index contributed by atoms with van der Waals surface area (Å²) in [4.78, 5) is 1.22. The Morgan fingerprint density at radius 1 is 1.33 bits per heavy atom. The third-order valence-corrected chi connectivity index (χ3v) is 6.69. The van der Waals surface area contributed by atoms with Crippen LogP contribution in [0.15, 0.2) is 45.1 Å². The van der Waals surface area contributed by atoms with Gasteiger partial charge in [-0.25, -0.2) is 13.1 Å². The van der Waals surface area contributed by atoms with Gasteiger partial charge in [0.2, 0.25) is 10.0 Å². The molecule has 0 bridgehead atoms. The summed E-state index contributed by atoms with van der Waals surface area (Å²) in [5.74, 6) is 0. The molecule has 7 heteroatoms. The van der Waals surface area contributed by atoms with Crippen molar-refractivity contribution in [3.63, 3.8) is 0 Å². The Morgan fingerprint density at radius 2 is 2.05 bits per heavy atom. The number of halogens is 2. The Morgan fingerprint density at radius 3 is 2.62 bits per heavy atom. The molecule has 0 atom stereocenters. The van der Waals surface area contributed by atoms with Gasteiger partial charge < -0.3 is 0 Å². The Balaban J connectivity index is 2.19. The second kappa shape index (κ2) is 6.38. The van der Waals surface area contributed by atoms with Crippen LogP contribution < -0.4 is 4.72 Å². The van der Waals surface area contributed by atoms with Crippen LogP contribution in [0.2, 0.25) is 5.02 Å². The SMILES string of the molecule is CC(C)(CNS(=O)(=O)c1ccc(Br)cc1Cl)c1cccs1. The molecule has 0 aliphatic carbocycles. The van der Waals surface area contributed by atoms with Crippen molar-refractivity contribution in [3.05, 3.63) is 50.1 Å². The molecule has 1 aromatic heterocycles. The number of nitrogens with one attached hydrogen (secondary N) is 1. The number of rotatable bonds is 5. The van der Waals surface area contributed by atoms with Gasteiger partial charge in [0.15, 0.2) is 0 Å². The average molecular weight is 409 g/mol. The van der Waals surface area contributed by atoms with Crippen LogP contribution in [0, 0.1) is 0 Å². The second-order valence-electron chi connectivity index (χ2n) is 5.26. The number of hydrogen-bond donors (Lipinski definition) is 1. The highest BCUT2D eigenvalue weighted by molar-refractivity contribution is 9.10. The third kappa shape index (κ3) is 4.07. The smallest absolute Gasteiger partial charge is 0.210 e. The van der Waals surface area contributed by atoms with E-state index in [2.05, 4.69) is 20.7 Å². The van der Waals surface area contributed by atoms with Crippen molar-refractivity contribution in [2.45, 2.75) is 24.2 Å². The fourth-order valence-electron chi connectivity index (χ4n) is 1.80. The lowest BCUT2D eigenvalue weighted by Crippen LogP contribution is -2.36. The molecule has 1 heterocycles. The predicted molar refractivity (Wildman–Crippen MR) is 91.7 cm³/mol. The van der Waals surface area contributed by atoms with Gasteiger partial charge >= 0.3 is 0 Å². The first-order valence-corrected chi connectivity index (χ1v) is 9.74. The number of hydrogen-bond acceptors (Lipinski definition) is 3. The molecule has 0 saturated heterocycles. The van der Waals surface area contributed by atoms with E-state index < -0.39 is 10.0 Å². The van der Waals surface area contributed by atoms with E-state index in [9.17, 15) is 8.42 Å². The molecule has 3 nitrogen and oxygen atoms in total. The molecular formula is C14H15BrClNO2S2. The number of thiophene rings is 1. The normalized spacial score (nSPS) is 12.6. The van der Waals surface area contributed by atoms with Crippen molar-refractivity contribution in [1.29, 1.82) is 0 Å². The van der Waals surface area contributed by atoms with Crippen molar-refractivity contribution < 1.29 is 8.42 Å². The molecule has 0 aliphatic heterocycles. The lowest BCUT2D eigenvalue weighted by atomic mass is 9.92. The van der Waals surface area contributed by atoms with E-state index in [0.717, 1.165) is 9.35 Å². The maximum Gasteiger partial charge on any atom is 0.242 e. The van der Waals surface area contributed by atoms with Gasteiger partial charge in [0.25, 0.3) is 0 Å². The maximum atomic E-state index is 12.4. The zero-order valence-electron chi connectivity index (χ0n) is 11.6. The molecule has 0 radical (unpaired) electrons. The summed E-state index contributed by atoms with van der Waals surface area (Å²) in [5.41, 5.74) is -0.275. The molecule has 1 aromatic carbocycles.